The van der Waals surface area contributed by atoms with Crippen LogP contribution in [0.3, 0.4) is 0 Å². The van der Waals surface area contributed by atoms with Crippen molar-refractivity contribution in [2.75, 3.05) is 0 Å². The zero-order valence-corrected chi connectivity index (χ0v) is 11.2. The molecule has 0 bridgehead atoms. The lowest BCUT2D eigenvalue weighted by Crippen LogP contribution is -2.69. The minimum atomic E-state index is -5.48. The van der Waals surface area contributed by atoms with Gasteiger partial charge in [0.25, 0.3) is 5.92 Å². The maximum atomic E-state index is 14.3. The molecule has 3 unspecified atom stereocenters. The van der Waals surface area contributed by atoms with Gasteiger partial charge in [0.1, 0.15) is 5.41 Å². The molecule has 1 saturated carbocycles. The molecule has 0 spiro atoms. The molecule has 120 valence electrons. The summed E-state index contributed by atoms with van der Waals surface area (Å²) in [5.41, 5.74) is -8.32. The highest BCUT2D eigenvalue weighted by Crippen LogP contribution is 2.66. The zero-order valence-electron chi connectivity index (χ0n) is 11.2. The molecule has 20 heavy (non-hydrogen) atoms. The van der Waals surface area contributed by atoms with Gasteiger partial charge in [-0.2, -0.15) is 13.2 Å². The van der Waals surface area contributed by atoms with Crippen LogP contribution in [0.25, 0.3) is 0 Å². The highest BCUT2D eigenvalue weighted by Gasteiger charge is 2.81. The van der Waals surface area contributed by atoms with Crippen molar-refractivity contribution in [2.24, 2.45) is 11.3 Å². The van der Waals surface area contributed by atoms with Crippen molar-refractivity contribution in [1.29, 1.82) is 0 Å². The lowest BCUT2D eigenvalue weighted by molar-refractivity contribution is -0.374. The number of hydrogen-bond donors (Lipinski definition) is 0. The lowest BCUT2D eigenvalue weighted by atomic mass is 9.59. The topological polar surface area (TPSA) is 0 Å². The van der Waals surface area contributed by atoms with E-state index in [0.29, 0.717) is 0 Å². The molecule has 0 amide bonds. The fourth-order valence-corrected chi connectivity index (χ4v) is 2.78. The van der Waals surface area contributed by atoms with Crippen LogP contribution in [0.5, 0.6) is 0 Å². The summed E-state index contributed by atoms with van der Waals surface area (Å²) in [6.45, 7) is 1.38. The second-order valence-electron chi connectivity index (χ2n) is 5.78. The summed E-state index contributed by atoms with van der Waals surface area (Å²) < 4.78 is 108. The van der Waals surface area contributed by atoms with Gasteiger partial charge in [0.05, 0.1) is 0 Å². The summed E-state index contributed by atoms with van der Waals surface area (Å²) in [5, 5.41) is 0. The predicted octanol–water partition coefficient (Wildman–Crippen LogP) is 5.37. The molecule has 1 aliphatic rings. The van der Waals surface area contributed by atoms with E-state index in [1.165, 1.54) is 6.92 Å². The summed E-state index contributed by atoms with van der Waals surface area (Å²) in [7, 11) is 0. The Labute approximate surface area is 111 Å². The summed E-state index contributed by atoms with van der Waals surface area (Å²) in [4.78, 5) is 0. The Morgan fingerprint density at radius 3 is 1.75 bits per heavy atom. The Hall–Kier alpha value is -0.560. The van der Waals surface area contributed by atoms with Gasteiger partial charge in [-0.1, -0.05) is 13.3 Å². The van der Waals surface area contributed by atoms with Crippen molar-refractivity contribution in [3.63, 3.8) is 0 Å². The molecule has 0 radical (unpaired) electrons. The molecule has 0 aliphatic heterocycles. The average Bonchev–Trinajstić information content (AvgIpc) is 2.22. The van der Waals surface area contributed by atoms with Crippen LogP contribution in [0.4, 0.5) is 35.1 Å². The number of halogens is 8. The number of alkyl halides is 8. The van der Waals surface area contributed by atoms with Gasteiger partial charge < -0.3 is 0 Å². The third-order valence-electron chi connectivity index (χ3n) is 4.36. The Kier molecular flexibility index (Phi) is 3.91. The maximum Gasteiger partial charge on any atom is 0.400 e. The van der Waals surface area contributed by atoms with Gasteiger partial charge in [-0.25, -0.2) is 22.0 Å². The molecule has 3 atom stereocenters. The van der Waals surface area contributed by atoms with Gasteiger partial charge in [-0.05, 0) is 25.7 Å². The summed E-state index contributed by atoms with van der Waals surface area (Å²) in [6.07, 6.45) is -7.91. The van der Waals surface area contributed by atoms with Crippen LogP contribution < -0.4 is 0 Å². The Balaban J connectivity index is 3.50. The SMILES string of the molecule is CCC1CC(C)(C(F)(F)F)C(F)(F)C(F)(C(C)(F)F)C1. The van der Waals surface area contributed by atoms with Crippen molar-refractivity contribution in [2.45, 2.75) is 63.7 Å². The van der Waals surface area contributed by atoms with E-state index in [1.54, 1.807) is 0 Å². The fourth-order valence-electron chi connectivity index (χ4n) is 2.78. The molecule has 0 aromatic heterocycles. The van der Waals surface area contributed by atoms with E-state index in [1.807, 2.05) is 0 Å². The van der Waals surface area contributed by atoms with E-state index in [9.17, 15) is 35.1 Å². The van der Waals surface area contributed by atoms with Gasteiger partial charge in [-0.15, -0.1) is 0 Å². The van der Waals surface area contributed by atoms with Crippen LogP contribution in [0.15, 0.2) is 0 Å². The first kappa shape index (κ1) is 17.5. The Morgan fingerprint density at radius 2 is 1.45 bits per heavy atom. The van der Waals surface area contributed by atoms with Gasteiger partial charge in [-0.3, -0.25) is 0 Å². The first-order chi connectivity index (χ1) is 8.64. The quantitative estimate of drug-likeness (QED) is 0.601. The van der Waals surface area contributed by atoms with Crippen LogP contribution in [0.1, 0.15) is 40.0 Å². The monoisotopic (exact) mass is 312 g/mol. The van der Waals surface area contributed by atoms with Crippen LogP contribution >= 0.6 is 0 Å². The van der Waals surface area contributed by atoms with Gasteiger partial charge in [0.2, 0.25) is 5.67 Å². The number of rotatable bonds is 2. The van der Waals surface area contributed by atoms with E-state index in [4.69, 9.17) is 0 Å². The molecule has 8 heteroatoms. The fraction of sp³-hybridized carbons (Fsp3) is 1.00. The maximum absolute atomic E-state index is 14.3. The molecule has 0 heterocycles. The molecule has 1 aliphatic carbocycles. The predicted molar refractivity (Wildman–Crippen MR) is 56.6 cm³/mol. The molecule has 1 rings (SSSR count). The summed E-state index contributed by atoms with van der Waals surface area (Å²) in [6, 6.07) is 0. The van der Waals surface area contributed by atoms with Crippen LogP contribution in [-0.4, -0.2) is 23.7 Å². The van der Waals surface area contributed by atoms with Crippen molar-refractivity contribution in [3.05, 3.63) is 0 Å². The summed E-state index contributed by atoms with van der Waals surface area (Å²) in [5.74, 6) is -11.0. The molecular formula is C12H16F8. The highest BCUT2D eigenvalue weighted by atomic mass is 19.4. The normalized spacial score (nSPS) is 38.9. The third kappa shape index (κ3) is 2.09. The van der Waals surface area contributed by atoms with Crippen LogP contribution in [0, 0.1) is 11.3 Å². The van der Waals surface area contributed by atoms with Gasteiger partial charge in [0, 0.05) is 6.92 Å². The second kappa shape index (κ2) is 4.47. The molecule has 0 saturated heterocycles. The standard InChI is InChI=1S/C12H16F8/c1-4-7-5-8(2,12(18,19)20)11(16,17)10(15,6-7)9(3,13)14/h7H,4-6H2,1-3H3. The molecular weight excluding hydrogens is 296 g/mol. The van der Waals surface area contributed by atoms with Crippen molar-refractivity contribution in [1.82, 2.24) is 0 Å². The Morgan fingerprint density at radius 1 is 1.00 bits per heavy atom. The molecule has 0 N–H and O–H groups in total. The van der Waals surface area contributed by atoms with E-state index in [0.717, 1.165) is 0 Å². The minimum Gasteiger partial charge on any atom is -0.230 e. The lowest BCUT2D eigenvalue weighted by Gasteiger charge is -2.53. The highest BCUT2D eigenvalue weighted by molar-refractivity contribution is 5.15. The van der Waals surface area contributed by atoms with Crippen LogP contribution in [-0.2, 0) is 0 Å². The van der Waals surface area contributed by atoms with E-state index < -0.39 is 47.9 Å². The van der Waals surface area contributed by atoms with E-state index in [-0.39, 0.29) is 20.3 Å². The van der Waals surface area contributed by atoms with Crippen molar-refractivity contribution in [3.8, 4) is 0 Å². The molecule has 0 aromatic carbocycles. The number of hydrogen-bond acceptors (Lipinski definition) is 0. The first-order valence-electron chi connectivity index (χ1n) is 6.15. The summed E-state index contributed by atoms with van der Waals surface area (Å²) >= 11 is 0. The molecule has 0 nitrogen and oxygen atoms in total. The van der Waals surface area contributed by atoms with E-state index in [2.05, 4.69) is 0 Å². The van der Waals surface area contributed by atoms with Gasteiger partial charge in [0.15, 0.2) is 0 Å². The zero-order chi connectivity index (χ0) is 16.2. The molecule has 0 aromatic rings. The second-order valence-corrected chi connectivity index (χ2v) is 5.78. The molecule has 1 fully saturated rings. The van der Waals surface area contributed by atoms with E-state index >= 15 is 0 Å². The van der Waals surface area contributed by atoms with Crippen LogP contribution in [0.2, 0.25) is 0 Å². The van der Waals surface area contributed by atoms with Crippen molar-refractivity contribution < 1.29 is 35.1 Å². The largest absolute Gasteiger partial charge is 0.400 e. The van der Waals surface area contributed by atoms with Crippen molar-refractivity contribution >= 4 is 0 Å². The first-order valence-corrected chi connectivity index (χ1v) is 6.15. The minimum absolute atomic E-state index is 0.0799. The van der Waals surface area contributed by atoms with Gasteiger partial charge >= 0.3 is 12.1 Å². The smallest absolute Gasteiger partial charge is 0.230 e. The Bertz CT molecular complexity index is 337. The average molecular weight is 312 g/mol. The third-order valence-corrected chi connectivity index (χ3v) is 4.36.